The van der Waals surface area contributed by atoms with E-state index >= 15 is 0 Å². The number of benzene rings is 2. The first-order chi connectivity index (χ1) is 7.27. The minimum absolute atomic E-state index is 0.146. The molecule has 2 aromatic rings. The van der Waals surface area contributed by atoms with E-state index in [0.717, 1.165) is 0 Å². The Balaban J connectivity index is 3.02. The summed E-state index contributed by atoms with van der Waals surface area (Å²) >= 11 is 0. The van der Waals surface area contributed by atoms with E-state index in [1.807, 2.05) is 12.1 Å². The molecule has 0 radical (unpaired) electrons. The molecule has 0 saturated carbocycles. The number of phenols is 1. The fourth-order valence-corrected chi connectivity index (χ4v) is 1.57. The van der Waals surface area contributed by atoms with E-state index in [1.54, 1.807) is 24.3 Å². The van der Waals surface area contributed by atoms with Crippen LogP contribution in [-0.4, -0.2) is 5.11 Å². The van der Waals surface area contributed by atoms with Gasteiger partial charge in [-0.15, -0.1) is 0 Å². The second kappa shape index (κ2) is 3.32. The van der Waals surface area contributed by atoms with Crippen molar-refractivity contribution in [3.63, 3.8) is 0 Å². The summed E-state index contributed by atoms with van der Waals surface area (Å²) in [6, 6.07) is 12.3. The number of hydrogen-bond donors (Lipinski definition) is 1. The Morgan fingerprint density at radius 2 is 1.67 bits per heavy atom. The maximum atomic E-state index is 9.55. The van der Waals surface area contributed by atoms with Crippen molar-refractivity contribution in [2.24, 2.45) is 0 Å². The molecule has 0 saturated heterocycles. The number of fused-ring (bicyclic) bond motifs is 1. The Labute approximate surface area is 86.4 Å². The van der Waals surface area contributed by atoms with Crippen molar-refractivity contribution in [3.8, 4) is 17.9 Å². The van der Waals surface area contributed by atoms with Crippen molar-refractivity contribution >= 4 is 10.8 Å². The van der Waals surface area contributed by atoms with Gasteiger partial charge in [-0.3, -0.25) is 0 Å². The fraction of sp³-hybridized carbons (Fsp3) is 0. The number of nitrogens with zero attached hydrogens (tertiary/aromatic N) is 2. The van der Waals surface area contributed by atoms with Crippen LogP contribution in [0.3, 0.4) is 0 Å². The van der Waals surface area contributed by atoms with Crippen LogP contribution >= 0.6 is 0 Å². The molecule has 2 aromatic carbocycles. The second-order valence-electron chi connectivity index (χ2n) is 3.09. The molecule has 0 spiro atoms. The van der Waals surface area contributed by atoms with Crippen LogP contribution in [0.15, 0.2) is 30.3 Å². The lowest BCUT2D eigenvalue weighted by atomic mass is 10.00. The molecule has 0 heterocycles. The first-order valence-corrected chi connectivity index (χ1v) is 4.33. The van der Waals surface area contributed by atoms with Gasteiger partial charge in [-0.1, -0.05) is 24.3 Å². The van der Waals surface area contributed by atoms with Gasteiger partial charge in [0.25, 0.3) is 0 Å². The lowest BCUT2D eigenvalue weighted by Crippen LogP contribution is -1.85. The Kier molecular flexibility index (Phi) is 2.00. The SMILES string of the molecule is N#Cc1cc(O)c(C#N)c2ccccc12. The van der Waals surface area contributed by atoms with Gasteiger partial charge in [0.05, 0.1) is 11.6 Å². The van der Waals surface area contributed by atoms with E-state index in [0.29, 0.717) is 16.3 Å². The summed E-state index contributed by atoms with van der Waals surface area (Å²) in [6.45, 7) is 0. The molecule has 0 aliphatic carbocycles. The van der Waals surface area contributed by atoms with Gasteiger partial charge in [-0.05, 0) is 6.07 Å². The first-order valence-electron chi connectivity index (χ1n) is 4.33. The van der Waals surface area contributed by atoms with Gasteiger partial charge in [0.2, 0.25) is 0 Å². The first kappa shape index (κ1) is 9.05. The number of nitriles is 2. The van der Waals surface area contributed by atoms with Crippen LogP contribution in [-0.2, 0) is 0 Å². The molecule has 0 fully saturated rings. The predicted octanol–water partition coefficient (Wildman–Crippen LogP) is 2.29. The molecule has 0 aliphatic rings. The summed E-state index contributed by atoms with van der Waals surface area (Å²) in [5.74, 6) is -0.146. The van der Waals surface area contributed by atoms with Gasteiger partial charge in [-0.25, -0.2) is 0 Å². The maximum Gasteiger partial charge on any atom is 0.135 e. The van der Waals surface area contributed by atoms with E-state index < -0.39 is 0 Å². The zero-order chi connectivity index (χ0) is 10.8. The molecule has 0 amide bonds. The molecule has 1 N–H and O–H groups in total. The van der Waals surface area contributed by atoms with E-state index in [2.05, 4.69) is 0 Å². The molecule has 2 rings (SSSR count). The van der Waals surface area contributed by atoms with Crippen molar-refractivity contribution in [2.45, 2.75) is 0 Å². The van der Waals surface area contributed by atoms with Gasteiger partial charge >= 0.3 is 0 Å². The third kappa shape index (κ3) is 1.27. The Morgan fingerprint density at radius 1 is 1.00 bits per heavy atom. The highest BCUT2D eigenvalue weighted by Crippen LogP contribution is 2.29. The third-order valence-corrected chi connectivity index (χ3v) is 2.26. The average Bonchev–Trinajstić information content (AvgIpc) is 2.28. The number of rotatable bonds is 0. The predicted molar refractivity (Wildman–Crippen MR) is 55.0 cm³/mol. The Morgan fingerprint density at radius 3 is 2.27 bits per heavy atom. The van der Waals surface area contributed by atoms with Crippen LogP contribution in [0, 0.1) is 22.7 Å². The van der Waals surface area contributed by atoms with Gasteiger partial charge < -0.3 is 5.11 Å². The Bertz CT molecular complexity index is 618. The standard InChI is InChI=1S/C12H6N2O/c13-6-8-5-12(15)11(7-14)10-4-2-1-3-9(8)10/h1-5,15H. The zero-order valence-corrected chi connectivity index (χ0v) is 7.73. The van der Waals surface area contributed by atoms with E-state index in [9.17, 15) is 5.11 Å². The Hall–Kier alpha value is -2.52. The van der Waals surface area contributed by atoms with E-state index in [-0.39, 0.29) is 11.3 Å². The van der Waals surface area contributed by atoms with Crippen molar-refractivity contribution in [1.82, 2.24) is 0 Å². The molecule has 3 heteroatoms. The molecule has 70 valence electrons. The molecular weight excluding hydrogens is 188 g/mol. The van der Waals surface area contributed by atoms with Gasteiger partial charge in [0.1, 0.15) is 17.4 Å². The number of hydrogen-bond acceptors (Lipinski definition) is 3. The molecule has 0 aromatic heterocycles. The minimum Gasteiger partial charge on any atom is -0.506 e. The molecule has 3 nitrogen and oxygen atoms in total. The molecule has 0 aliphatic heterocycles. The van der Waals surface area contributed by atoms with Crippen molar-refractivity contribution in [3.05, 3.63) is 41.5 Å². The quantitative estimate of drug-likeness (QED) is 0.699. The van der Waals surface area contributed by atoms with Crippen molar-refractivity contribution < 1.29 is 5.11 Å². The third-order valence-electron chi connectivity index (χ3n) is 2.26. The summed E-state index contributed by atoms with van der Waals surface area (Å²) < 4.78 is 0. The van der Waals surface area contributed by atoms with Gasteiger partial charge in [-0.2, -0.15) is 10.5 Å². The summed E-state index contributed by atoms with van der Waals surface area (Å²) in [5, 5.41) is 28.6. The van der Waals surface area contributed by atoms with E-state index in [1.165, 1.54) is 6.07 Å². The topological polar surface area (TPSA) is 67.8 Å². The largest absolute Gasteiger partial charge is 0.506 e. The van der Waals surface area contributed by atoms with Crippen LogP contribution in [0.1, 0.15) is 11.1 Å². The molecule has 15 heavy (non-hydrogen) atoms. The number of aromatic hydroxyl groups is 1. The fourth-order valence-electron chi connectivity index (χ4n) is 1.57. The number of phenolic OH excluding ortho intramolecular Hbond substituents is 1. The summed E-state index contributed by atoms with van der Waals surface area (Å²) in [5.41, 5.74) is 0.590. The van der Waals surface area contributed by atoms with Crippen molar-refractivity contribution in [2.75, 3.05) is 0 Å². The molecule has 0 unspecified atom stereocenters. The van der Waals surface area contributed by atoms with Crippen molar-refractivity contribution in [1.29, 1.82) is 10.5 Å². The molecule has 0 bridgehead atoms. The summed E-state index contributed by atoms with van der Waals surface area (Å²) in [7, 11) is 0. The summed E-state index contributed by atoms with van der Waals surface area (Å²) in [6.07, 6.45) is 0. The van der Waals surface area contributed by atoms with Crippen LogP contribution in [0.5, 0.6) is 5.75 Å². The minimum atomic E-state index is -0.146. The normalized spacial score (nSPS) is 9.47. The highest BCUT2D eigenvalue weighted by molar-refractivity contribution is 5.94. The van der Waals surface area contributed by atoms with Crippen LogP contribution in [0.2, 0.25) is 0 Å². The lowest BCUT2D eigenvalue weighted by molar-refractivity contribution is 0.474. The highest BCUT2D eigenvalue weighted by Gasteiger charge is 2.09. The van der Waals surface area contributed by atoms with Crippen LogP contribution in [0.4, 0.5) is 0 Å². The van der Waals surface area contributed by atoms with Crippen LogP contribution < -0.4 is 0 Å². The zero-order valence-electron chi connectivity index (χ0n) is 7.73. The highest BCUT2D eigenvalue weighted by atomic mass is 16.3. The van der Waals surface area contributed by atoms with Crippen LogP contribution in [0.25, 0.3) is 10.8 Å². The maximum absolute atomic E-state index is 9.55. The van der Waals surface area contributed by atoms with Gasteiger partial charge in [0, 0.05) is 10.8 Å². The van der Waals surface area contributed by atoms with Gasteiger partial charge in [0.15, 0.2) is 0 Å². The molecule has 0 atom stereocenters. The van der Waals surface area contributed by atoms with E-state index in [4.69, 9.17) is 10.5 Å². The lowest BCUT2D eigenvalue weighted by Gasteiger charge is -2.03. The second-order valence-corrected chi connectivity index (χ2v) is 3.09. The molecular formula is C12H6N2O. The monoisotopic (exact) mass is 194 g/mol. The summed E-state index contributed by atoms with van der Waals surface area (Å²) in [4.78, 5) is 0. The smallest absolute Gasteiger partial charge is 0.135 e. The average molecular weight is 194 g/mol.